The molecule has 4 aromatic rings. The van der Waals surface area contributed by atoms with Crippen LogP contribution in [0.15, 0.2) is 99.9 Å². The maximum atomic E-state index is 13.8. The van der Waals surface area contributed by atoms with Crippen LogP contribution in [0.4, 0.5) is 5.69 Å². The predicted molar refractivity (Wildman–Crippen MR) is 158 cm³/mol. The number of halogens is 1. The number of rotatable bonds is 6. The van der Waals surface area contributed by atoms with E-state index in [1.807, 2.05) is 36.4 Å². The van der Waals surface area contributed by atoms with Gasteiger partial charge in [0, 0.05) is 35.8 Å². The summed E-state index contributed by atoms with van der Waals surface area (Å²) in [7, 11) is 0. The smallest absolute Gasteiger partial charge is 0.271 e. The molecule has 1 unspecified atom stereocenters. The molecule has 196 valence electrons. The van der Waals surface area contributed by atoms with Gasteiger partial charge in [-0.05, 0) is 66.8 Å². The molecule has 0 fully saturated rings. The largest absolute Gasteiger partial charge is 0.367 e. The Balaban J connectivity index is 1.38. The van der Waals surface area contributed by atoms with Crippen molar-refractivity contribution < 1.29 is 4.79 Å². The van der Waals surface area contributed by atoms with Crippen LogP contribution in [-0.4, -0.2) is 16.9 Å². The minimum absolute atomic E-state index is 0.0702. The normalized spacial score (nSPS) is 17.0. The molecule has 0 radical (unpaired) electrons. The fourth-order valence-corrected chi connectivity index (χ4v) is 6.54. The SMILES string of the molecule is CCN(Cc1ccccc1)c1ccc(C=c2sc3n(c2=O)C(c2ccc(Cl)cc2)C2=C(CCCC2=O)N=3)cc1. The number of hydrogen-bond acceptors (Lipinski definition) is 5. The van der Waals surface area contributed by atoms with E-state index in [9.17, 15) is 9.59 Å². The Morgan fingerprint density at radius 2 is 1.74 bits per heavy atom. The van der Waals surface area contributed by atoms with Gasteiger partial charge in [-0.3, -0.25) is 14.2 Å². The minimum atomic E-state index is -0.484. The summed E-state index contributed by atoms with van der Waals surface area (Å²) in [5, 5.41) is 0.615. The van der Waals surface area contributed by atoms with E-state index in [1.54, 1.807) is 16.7 Å². The lowest BCUT2D eigenvalue weighted by atomic mass is 9.86. The Hall–Kier alpha value is -3.74. The summed E-state index contributed by atoms with van der Waals surface area (Å²) in [6.45, 7) is 3.88. The van der Waals surface area contributed by atoms with Gasteiger partial charge in [0.15, 0.2) is 10.6 Å². The summed E-state index contributed by atoms with van der Waals surface area (Å²) in [6, 6.07) is 25.7. The van der Waals surface area contributed by atoms with Crippen molar-refractivity contribution in [1.82, 2.24) is 4.57 Å². The van der Waals surface area contributed by atoms with Gasteiger partial charge < -0.3 is 4.90 Å². The monoisotopic (exact) mass is 553 g/mol. The van der Waals surface area contributed by atoms with E-state index in [4.69, 9.17) is 16.6 Å². The van der Waals surface area contributed by atoms with Crippen molar-refractivity contribution in [3.05, 3.63) is 132 Å². The number of thiazole rings is 1. The van der Waals surface area contributed by atoms with Gasteiger partial charge in [0.2, 0.25) is 0 Å². The van der Waals surface area contributed by atoms with Crippen LogP contribution >= 0.6 is 22.9 Å². The number of fused-ring (bicyclic) bond motifs is 1. The first-order valence-corrected chi connectivity index (χ1v) is 14.4. The molecule has 1 aliphatic carbocycles. The number of carbonyl (C=O) groups excluding carboxylic acids is 1. The van der Waals surface area contributed by atoms with E-state index in [2.05, 4.69) is 48.2 Å². The molecule has 3 aromatic carbocycles. The van der Waals surface area contributed by atoms with Gasteiger partial charge in [-0.15, -0.1) is 0 Å². The third-order valence-corrected chi connectivity index (χ3v) is 8.60. The van der Waals surface area contributed by atoms with E-state index in [1.165, 1.54) is 16.9 Å². The van der Waals surface area contributed by atoms with Crippen LogP contribution in [0.3, 0.4) is 0 Å². The minimum Gasteiger partial charge on any atom is -0.367 e. The number of aromatic nitrogens is 1. The predicted octanol–water partition coefficient (Wildman–Crippen LogP) is 5.65. The maximum absolute atomic E-state index is 13.8. The molecule has 6 rings (SSSR count). The zero-order chi connectivity index (χ0) is 26.9. The van der Waals surface area contributed by atoms with E-state index < -0.39 is 6.04 Å². The highest BCUT2D eigenvalue weighted by atomic mass is 35.5. The molecule has 0 saturated heterocycles. The molecular formula is C32H28ClN3O2S. The molecule has 7 heteroatoms. The quantitative estimate of drug-likeness (QED) is 0.310. The van der Waals surface area contributed by atoms with Gasteiger partial charge in [-0.25, -0.2) is 4.99 Å². The van der Waals surface area contributed by atoms with Crippen LogP contribution < -0.4 is 19.8 Å². The van der Waals surface area contributed by atoms with Crippen LogP contribution in [0.5, 0.6) is 0 Å². The number of benzene rings is 3. The third kappa shape index (κ3) is 5.02. The molecule has 0 spiro atoms. The average molecular weight is 554 g/mol. The number of allylic oxidation sites excluding steroid dienone is 2. The second-order valence-corrected chi connectivity index (χ2v) is 11.3. The molecular weight excluding hydrogens is 526 g/mol. The van der Waals surface area contributed by atoms with Gasteiger partial charge in [-0.2, -0.15) is 0 Å². The standard InChI is InChI=1S/C32H28ClN3O2S/c1-2-35(20-22-7-4-3-5-8-22)25-17-11-21(12-18-25)19-28-31(38)36-30(23-13-15-24(33)16-14-23)29-26(34-32(36)39-28)9-6-10-27(29)37/h3-5,7-8,11-19,30H,2,6,9-10,20H2,1H3. The molecule has 5 nitrogen and oxygen atoms in total. The Bertz CT molecular complexity index is 1740. The summed E-state index contributed by atoms with van der Waals surface area (Å²) >= 11 is 7.53. The van der Waals surface area contributed by atoms with Crippen LogP contribution in [0.1, 0.15) is 48.9 Å². The van der Waals surface area contributed by atoms with E-state index in [0.29, 0.717) is 26.4 Å². The van der Waals surface area contributed by atoms with Crippen molar-refractivity contribution >= 4 is 40.5 Å². The van der Waals surface area contributed by atoms with Crippen molar-refractivity contribution in [2.24, 2.45) is 4.99 Å². The van der Waals surface area contributed by atoms with Crippen molar-refractivity contribution in [2.75, 3.05) is 11.4 Å². The van der Waals surface area contributed by atoms with Crippen LogP contribution in [0.25, 0.3) is 6.08 Å². The van der Waals surface area contributed by atoms with E-state index >= 15 is 0 Å². The van der Waals surface area contributed by atoms with Gasteiger partial charge in [0.25, 0.3) is 5.56 Å². The van der Waals surface area contributed by atoms with Crippen molar-refractivity contribution in [1.29, 1.82) is 0 Å². The molecule has 0 bridgehead atoms. The molecule has 0 amide bonds. The average Bonchev–Trinajstić information content (AvgIpc) is 3.26. The highest BCUT2D eigenvalue weighted by Gasteiger charge is 2.34. The first kappa shape index (κ1) is 25.5. The number of anilines is 1. The topological polar surface area (TPSA) is 54.7 Å². The lowest BCUT2D eigenvalue weighted by Gasteiger charge is -2.28. The highest BCUT2D eigenvalue weighted by Crippen LogP contribution is 2.36. The number of Topliss-reactive ketones (excluding diaryl/α,β-unsaturated/α-hetero) is 1. The Morgan fingerprint density at radius 1 is 1.00 bits per heavy atom. The van der Waals surface area contributed by atoms with E-state index in [-0.39, 0.29) is 11.3 Å². The molecule has 2 aliphatic rings. The zero-order valence-electron chi connectivity index (χ0n) is 21.6. The molecule has 0 saturated carbocycles. The lowest BCUT2D eigenvalue weighted by Crippen LogP contribution is -2.40. The molecule has 1 aliphatic heterocycles. The molecule has 0 N–H and O–H groups in total. The van der Waals surface area contributed by atoms with Gasteiger partial charge >= 0.3 is 0 Å². The summed E-state index contributed by atoms with van der Waals surface area (Å²) in [5.74, 6) is 0.0702. The summed E-state index contributed by atoms with van der Waals surface area (Å²) in [4.78, 5) is 34.6. The second kappa shape index (κ2) is 10.8. The fraction of sp³-hybridized carbons (Fsp3) is 0.219. The van der Waals surface area contributed by atoms with Crippen LogP contribution in [0.2, 0.25) is 5.02 Å². The number of carbonyl (C=O) groups is 1. The zero-order valence-corrected chi connectivity index (χ0v) is 23.2. The second-order valence-electron chi connectivity index (χ2n) is 9.86. The molecule has 39 heavy (non-hydrogen) atoms. The first-order chi connectivity index (χ1) is 19.0. The Kier molecular flexibility index (Phi) is 7.07. The van der Waals surface area contributed by atoms with Gasteiger partial charge in [0.1, 0.15) is 0 Å². The maximum Gasteiger partial charge on any atom is 0.271 e. The summed E-state index contributed by atoms with van der Waals surface area (Å²) in [5.41, 5.74) is 5.53. The number of nitrogens with zero attached hydrogens (tertiary/aromatic N) is 3. The summed E-state index contributed by atoms with van der Waals surface area (Å²) in [6.07, 6.45) is 3.94. The fourth-order valence-electron chi connectivity index (χ4n) is 5.39. The lowest BCUT2D eigenvalue weighted by molar-refractivity contribution is -0.116. The number of hydrogen-bond donors (Lipinski definition) is 0. The van der Waals surface area contributed by atoms with Gasteiger partial charge in [0.05, 0.1) is 16.3 Å². The van der Waals surface area contributed by atoms with Crippen LogP contribution in [-0.2, 0) is 11.3 Å². The third-order valence-electron chi connectivity index (χ3n) is 7.37. The van der Waals surface area contributed by atoms with Crippen LogP contribution in [0, 0.1) is 0 Å². The molecule has 2 heterocycles. The summed E-state index contributed by atoms with van der Waals surface area (Å²) < 4.78 is 2.29. The van der Waals surface area contributed by atoms with Crippen molar-refractivity contribution in [3.8, 4) is 0 Å². The Labute approximate surface area is 236 Å². The van der Waals surface area contributed by atoms with Crippen molar-refractivity contribution in [2.45, 2.75) is 38.8 Å². The number of ketones is 1. The van der Waals surface area contributed by atoms with Crippen molar-refractivity contribution in [3.63, 3.8) is 0 Å². The molecule has 1 aromatic heterocycles. The molecule has 1 atom stereocenters. The Morgan fingerprint density at radius 3 is 2.46 bits per heavy atom. The van der Waals surface area contributed by atoms with E-state index in [0.717, 1.165) is 48.4 Å². The first-order valence-electron chi connectivity index (χ1n) is 13.2. The van der Waals surface area contributed by atoms with Gasteiger partial charge in [-0.1, -0.05) is 77.5 Å². The highest BCUT2D eigenvalue weighted by molar-refractivity contribution is 7.07.